The van der Waals surface area contributed by atoms with E-state index in [1.165, 1.54) is 0 Å². The first-order valence-corrected chi connectivity index (χ1v) is 7.80. The lowest BCUT2D eigenvalue weighted by molar-refractivity contribution is 0.104. The molecule has 0 atom stereocenters. The molecule has 4 nitrogen and oxygen atoms in total. The summed E-state index contributed by atoms with van der Waals surface area (Å²) in [5.74, 6) is 0.684. The Balaban J connectivity index is 0.000000847. The molecule has 0 fully saturated rings. The van der Waals surface area contributed by atoms with Crippen LogP contribution in [0.15, 0.2) is 47.2 Å². The summed E-state index contributed by atoms with van der Waals surface area (Å²) in [6.07, 6.45) is 3.39. The molecular formula is C17H17BrN2O2. The maximum Gasteiger partial charge on any atom is 0.195 e. The molecule has 0 spiro atoms. The van der Waals surface area contributed by atoms with Crippen molar-refractivity contribution in [2.75, 3.05) is 7.11 Å². The first-order chi connectivity index (χ1) is 10.7. The SMILES string of the molecule is CC.COc1ccc(C(=O)c2c[nH]c3ncc(Br)cc23)cc1. The van der Waals surface area contributed by atoms with Gasteiger partial charge < -0.3 is 9.72 Å². The molecule has 3 aromatic rings. The number of H-pyrrole nitrogens is 1. The van der Waals surface area contributed by atoms with Crippen LogP contribution in [0, 0.1) is 0 Å². The summed E-state index contributed by atoms with van der Waals surface area (Å²) in [6.45, 7) is 4.00. The van der Waals surface area contributed by atoms with E-state index in [9.17, 15) is 4.79 Å². The number of nitrogens with one attached hydrogen (secondary N) is 1. The smallest absolute Gasteiger partial charge is 0.195 e. The fourth-order valence-corrected chi connectivity index (χ4v) is 2.39. The number of aromatic amines is 1. The Hall–Kier alpha value is -2.14. The van der Waals surface area contributed by atoms with Crippen molar-refractivity contribution in [3.05, 3.63) is 58.3 Å². The van der Waals surface area contributed by atoms with Crippen LogP contribution in [0.25, 0.3) is 11.0 Å². The van der Waals surface area contributed by atoms with Crippen molar-refractivity contribution in [2.24, 2.45) is 0 Å². The van der Waals surface area contributed by atoms with E-state index >= 15 is 0 Å². The molecule has 1 N–H and O–H groups in total. The van der Waals surface area contributed by atoms with Gasteiger partial charge in [0.05, 0.1) is 7.11 Å². The molecule has 0 amide bonds. The zero-order valence-electron chi connectivity index (χ0n) is 12.7. The molecule has 2 aromatic heterocycles. The van der Waals surface area contributed by atoms with Gasteiger partial charge >= 0.3 is 0 Å². The van der Waals surface area contributed by atoms with Crippen LogP contribution in [-0.2, 0) is 0 Å². The van der Waals surface area contributed by atoms with Crippen LogP contribution in [0.2, 0.25) is 0 Å². The lowest BCUT2D eigenvalue weighted by atomic mass is 10.0. The number of nitrogens with zero attached hydrogens (tertiary/aromatic N) is 1. The average Bonchev–Trinajstić information content (AvgIpc) is 2.99. The van der Waals surface area contributed by atoms with Crippen LogP contribution in [0.3, 0.4) is 0 Å². The van der Waals surface area contributed by atoms with Gasteiger partial charge in [-0.25, -0.2) is 4.98 Å². The number of rotatable bonds is 3. The van der Waals surface area contributed by atoms with Gasteiger partial charge in [0.25, 0.3) is 0 Å². The summed E-state index contributed by atoms with van der Waals surface area (Å²) >= 11 is 3.37. The van der Waals surface area contributed by atoms with E-state index in [0.717, 1.165) is 15.6 Å². The van der Waals surface area contributed by atoms with E-state index in [1.807, 2.05) is 19.9 Å². The third-order valence-electron chi connectivity index (χ3n) is 3.09. The quantitative estimate of drug-likeness (QED) is 0.694. The van der Waals surface area contributed by atoms with E-state index in [4.69, 9.17) is 4.74 Å². The van der Waals surface area contributed by atoms with E-state index in [0.29, 0.717) is 16.8 Å². The standard InChI is InChI=1S/C15H11BrN2O2.C2H6/c1-20-11-4-2-9(3-5-11)14(19)13-8-18-15-12(13)6-10(16)7-17-15;1-2/h2-8H,1H3,(H,17,18);1-2H3. The van der Waals surface area contributed by atoms with Crippen LogP contribution < -0.4 is 4.74 Å². The number of hydrogen-bond donors (Lipinski definition) is 1. The third-order valence-corrected chi connectivity index (χ3v) is 3.53. The Labute approximate surface area is 137 Å². The Kier molecular flexibility index (Phi) is 5.33. The van der Waals surface area contributed by atoms with Gasteiger partial charge in [-0.15, -0.1) is 0 Å². The molecular weight excluding hydrogens is 344 g/mol. The van der Waals surface area contributed by atoms with Crippen LogP contribution in [0.1, 0.15) is 29.8 Å². The van der Waals surface area contributed by atoms with Gasteiger partial charge in [0.15, 0.2) is 5.78 Å². The highest BCUT2D eigenvalue weighted by Crippen LogP contribution is 2.23. The molecule has 114 valence electrons. The minimum absolute atomic E-state index is 0.0428. The lowest BCUT2D eigenvalue weighted by Gasteiger charge is -2.02. The number of benzene rings is 1. The molecule has 0 aliphatic carbocycles. The van der Waals surface area contributed by atoms with E-state index in [1.54, 1.807) is 43.8 Å². The van der Waals surface area contributed by atoms with Crippen molar-refractivity contribution in [3.63, 3.8) is 0 Å². The van der Waals surface area contributed by atoms with Gasteiger partial charge in [-0.05, 0) is 46.3 Å². The predicted octanol–water partition coefficient (Wildman–Crippen LogP) is 4.59. The molecule has 0 saturated heterocycles. The summed E-state index contributed by atoms with van der Waals surface area (Å²) in [5.41, 5.74) is 1.93. The second-order valence-corrected chi connectivity index (χ2v) is 5.23. The highest BCUT2D eigenvalue weighted by atomic mass is 79.9. The molecule has 22 heavy (non-hydrogen) atoms. The Morgan fingerprint density at radius 2 is 1.91 bits per heavy atom. The summed E-state index contributed by atoms with van der Waals surface area (Å²) in [5, 5.41) is 0.806. The number of pyridine rings is 1. The predicted molar refractivity (Wildman–Crippen MR) is 91.6 cm³/mol. The molecule has 1 aromatic carbocycles. The maximum absolute atomic E-state index is 12.5. The molecule has 0 aliphatic rings. The Bertz CT molecular complexity index is 779. The van der Waals surface area contributed by atoms with Crippen molar-refractivity contribution in [1.29, 1.82) is 0 Å². The third kappa shape index (κ3) is 3.20. The van der Waals surface area contributed by atoms with Crippen molar-refractivity contribution in [3.8, 4) is 5.75 Å². The lowest BCUT2D eigenvalue weighted by Crippen LogP contribution is -2.00. The van der Waals surface area contributed by atoms with Gasteiger partial charge in [-0.2, -0.15) is 0 Å². The van der Waals surface area contributed by atoms with Crippen molar-refractivity contribution >= 4 is 32.7 Å². The summed E-state index contributed by atoms with van der Waals surface area (Å²) < 4.78 is 5.93. The second kappa shape index (κ2) is 7.22. The molecule has 2 heterocycles. The topological polar surface area (TPSA) is 55.0 Å². The molecule has 5 heteroatoms. The Morgan fingerprint density at radius 1 is 1.23 bits per heavy atom. The van der Waals surface area contributed by atoms with Gasteiger partial charge in [0.2, 0.25) is 0 Å². The number of halogens is 1. The van der Waals surface area contributed by atoms with Crippen molar-refractivity contribution in [1.82, 2.24) is 9.97 Å². The van der Waals surface area contributed by atoms with Crippen LogP contribution in [0.5, 0.6) is 5.75 Å². The summed E-state index contributed by atoms with van der Waals surface area (Å²) in [6, 6.07) is 8.94. The van der Waals surface area contributed by atoms with E-state index < -0.39 is 0 Å². The maximum atomic E-state index is 12.5. The normalized spacial score (nSPS) is 10.0. The van der Waals surface area contributed by atoms with Crippen LogP contribution in [-0.4, -0.2) is 22.9 Å². The Morgan fingerprint density at radius 3 is 2.55 bits per heavy atom. The zero-order valence-corrected chi connectivity index (χ0v) is 14.3. The average molecular weight is 361 g/mol. The molecule has 0 bridgehead atoms. The number of fused-ring (bicyclic) bond motifs is 1. The van der Waals surface area contributed by atoms with Gasteiger partial charge in [0, 0.05) is 33.4 Å². The molecule has 3 rings (SSSR count). The van der Waals surface area contributed by atoms with Gasteiger partial charge in [-0.1, -0.05) is 13.8 Å². The largest absolute Gasteiger partial charge is 0.497 e. The van der Waals surface area contributed by atoms with E-state index in [2.05, 4.69) is 25.9 Å². The minimum Gasteiger partial charge on any atom is -0.497 e. The molecule has 0 saturated carbocycles. The minimum atomic E-state index is -0.0428. The fraction of sp³-hybridized carbons (Fsp3) is 0.176. The number of aromatic nitrogens is 2. The fourth-order valence-electron chi connectivity index (χ4n) is 2.06. The number of methoxy groups -OCH3 is 1. The number of hydrogen-bond acceptors (Lipinski definition) is 3. The summed E-state index contributed by atoms with van der Waals surface area (Å²) in [4.78, 5) is 19.8. The number of carbonyl (C=O) groups excluding carboxylic acids is 1. The first-order valence-electron chi connectivity index (χ1n) is 7.00. The summed E-state index contributed by atoms with van der Waals surface area (Å²) in [7, 11) is 1.60. The van der Waals surface area contributed by atoms with Crippen LogP contribution >= 0.6 is 15.9 Å². The highest BCUT2D eigenvalue weighted by Gasteiger charge is 2.15. The number of ether oxygens (including phenoxy) is 1. The van der Waals surface area contributed by atoms with Crippen molar-refractivity contribution < 1.29 is 9.53 Å². The molecule has 0 aliphatic heterocycles. The number of ketones is 1. The van der Waals surface area contributed by atoms with E-state index in [-0.39, 0.29) is 5.78 Å². The number of carbonyl (C=O) groups is 1. The van der Waals surface area contributed by atoms with Crippen molar-refractivity contribution in [2.45, 2.75) is 13.8 Å². The highest BCUT2D eigenvalue weighted by molar-refractivity contribution is 9.10. The van der Waals surface area contributed by atoms with Gasteiger partial charge in [0.1, 0.15) is 11.4 Å². The molecule has 0 unspecified atom stereocenters. The molecule has 0 radical (unpaired) electrons. The van der Waals surface area contributed by atoms with Gasteiger partial charge in [-0.3, -0.25) is 4.79 Å². The monoisotopic (exact) mass is 360 g/mol. The first kappa shape index (κ1) is 16.2. The van der Waals surface area contributed by atoms with Crippen LogP contribution in [0.4, 0.5) is 0 Å². The zero-order chi connectivity index (χ0) is 16.1. The second-order valence-electron chi connectivity index (χ2n) is 4.31.